The molecular weight excluding hydrogens is 300 g/mol. The summed E-state index contributed by atoms with van der Waals surface area (Å²) in [5.41, 5.74) is 9.56. The SMILES string of the molecule is Cn1cc(CN2CCN(C(=O)C(N)c3cscn3)CC2)cn1. The van der Waals surface area contributed by atoms with E-state index in [4.69, 9.17) is 5.73 Å². The van der Waals surface area contributed by atoms with Crippen molar-refractivity contribution in [3.8, 4) is 0 Å². The number of aryl methyl sites for hydroxylation is 1. The van der Waals surface area contributed by atoms with E-state index in [0.717, 1.165) is 19.6 Å². The molecule has 1 unspecified atom stereocenters. The highest BCUT2D eigenvalue weighted by molar-refractivity contribution is 7.07. The van der Waals surface area contributed by atoms with Crippen LogP contribution in [0.3, 0.4) is 0 Å². The van der Waals surface area contributed by atoms with Crippen molar-refractivity contribution in [1.29, 1.82) is 0 Å². The molecule has 1 fully saturated rings. The maximum atomic E-state index is 12.4. The molecule has 0 spiro atoms. The number of carbonyl (C=O) groups excluding carboxylic acids is 1. The van der Waals surface area contributed by atoms with Crippen LogP contribution < -0.4 is 5.73 Å². The summed E-state index contributed by atoms with van der Waals surface area (Å²) < 4.78 is 1.81. The molecule has 22 heavy (non-hydrogen) atoms. The van der Waals surface area contributed by atoms with E-state index in [9.17, 15) is 4.79 Å². The highest BCUT2D eigenvalue weighted by atomic mass is 32.1. The van der Waals surface area contributed by atoms with Gasteiger partial charge in [0.15, 0.2) is 0 Å². The van der Waals surface area contributed by atoms with Crippen molar-refractivity contribution in [1.82, 2.24) is 24.6 Å². The van der Waals surface area contributed by atoms with Crippen molar-refractivity contribution >= 4 is 17.2 Å². The average Bonchev–Trinajstić information content (AvgIpc) is 3.18. The van der Waals surface area contributed by atoms with Crippen molar-refractivity contribution < 1.29 is 4.79 Å². The first kappa shape index (κ1) is 15.1. The number of hydrogen-bond acceptors (Lipinski definition) is 6. The topological polar surface area (TPSA) is 80.3 Å². The van der Waals surface area contributed by atoms with Gasteiger partial charge in [-0.1, -0.05) is 0 Å². The van der Waals surface area contributed by atoms with E-state index in [1.165, 1.54) is 16.9 Å². The number of nitrogens with zero attached hydrogens (tertiary/aromatic N) is 5. The molecule has 0 aliphatic carbocycles. The Balaban J connectivity index is 1.52. The van der Waals surface area contributed by atoms with Crippen molar-refractivity contribution in [2.45, 2.75) is 12.6 Å². The largest absolute Gasteiger partial charge is 0.338 e. The monoisotopic (exact) mass is 320 g/mol. The zero-order chi connectivity index (χ0) is 15.5. The van der Waals surface area contributed by atoms with Gasteiger partial charge in [-0.25, -0.2) is 4.98 Å². The van der Waals surface area contributed by atoms with Gasteiger partial charge in [-0.05, 0) is 0 Å². The lowest BCUT2D eigenvalue weighted by Gasteiger charge is -2.35. The molecular formula is C14H20N6OS. The summed E-state index contributed by atoms with van der Waals surface area (Å²) in [6.07, 6.45) is 3.91. The summed E-state index contributed by atoms with van der Waals surface area (Å²) >= 11 is 1.46. The lowest BCUT2D eigenvalue weighted by molar-refractivity contribution is -0.134. The number of hydrogen-bond donors (Lipinski definition) is 1. The Labute approximate surface area is 133 Å². The smallest absolute Gasteiger partial charge is 0.245 e. The fraction of sp³-hybridized carbons (Fsp3) is 0.500. The first-order chi connectivity index (χ1) is 10.6. The molecule has 8 heteroatoms. The second-order valence-corrected chi connectivity index (χ2v) is 6.23. The van der Waals surface area contributed by atoms with Crippen LogP contribution >= 0.6 is 11.3 Å². The first-order valence-corrected chi connectivity index (χ1v) is 8.20. The lowest BCUT2D eigenvalue weighted by Crippen LogP contribution is -2.50. The van der Waals surface area contributed by atoms with E-state index in [-0.39, 0.29) is 5.91 Å². The quantitative estimate of drug-likeness (QED) is 0.872. The fourth-order valence-corrected chi connectivity index (χ4v) is 3.23. The second kappa shape index (κ2) is 6.55. The number of nitrogens with two attached hydrogens (primary N) is 1. The van der Waals surface area contributed by atoms with E-state index < -0.39 is 6.04 Å². The maximum absolute atomic E-state index is 12.4. The van der Waals surface area contributed by atoms with Crippen LogP contribution in [-0.2, 0) is 18.4 Å². The molecule has 2 aromatic heterocycles. The van der Waals surface area contributed by atoms with Crippen LogP contribution in [-0.4, -0.2) is 56.7 Å². The van der Waals surface area contributed by atoms with Crippen LogP contribution in [0.1, 0.15) is 17.3 Å². The summed E-state index contributed by atoms with van der Waals surface area (Å²) in [5, 5.41) is 6.01. The fourth-order valence-electron chi connectivity index (χ4n) is 2.64. The van der Waals surface area contributed by atoms with Gasteiger partial charge in [0.2, 0.25) is 5.91 Å². The third-order valence-corrected chi connectivity index (χ3v) is 4.49. The van der Waals surface area contributed by atoms with E-state index in [2.05, 4.69) is 15.0 Å². The Kier molecular flexibility index (Phi) is 4.51. The van der Waals surface area contributed by atoms with Crippen molar-refractivity contribution in [3.63, 3.8) is 0 Å². The molecule has 0 radical (unpaired) electrons. The predicted molar refractivity (Wildman–Crippen MR) is 84.1 cm³/mol. The summed E-state index contributed by atoms with van der Waals surface area (Å²) in [6, 6.07) is -0.642. The van der Waals surface area contributed by atoms with Crippen LogP contribution in [0.4, 0.5) is 0 Å². The second-order valence-electron chi connectivity index (χ2n) is 5.51. The number of rotatable bonds is 4. The number of piperazine rings is 1. The zero-order valence-electron chi connectivity index (χ0n) is 12.6. The normalized spacial score (nSPS) is 17.6. The van der Waals surface area contributed by atoms with Crippen molar-refractivity contribution in [2.24, 2.45) is 12.8 Å². The third kappa shape index (κ3) is 3.34. The van der Waals surface area contributed by atoms with E-state index in [0.29, 0.717) is 18.8 Å². The highest BCUT2D eigenvalue weighted by Crippen LogP contribution is 2.15. The lowest BCUT2D eigenvalue weighted by atomic mass is 10.2. The molecule has 1 aliphatic heterocycles. The summed E-state index contributed by atoms with van der Waals surface area (Å²) in [6.45, 7) is 3.98. The predicted octanol–water partition coefficient (Wildman–Crippen LogP) is 0.221. The van der Waals surface area contributed by atoms with Gasteiger partial charge in [-0.3, -0.25) is 14.4 Å². The Bertz CT molecular complexity index is 617. The molecule has 0 saturated carbocycles. The summed E-state index contributed by atoms with van der Waals surface area (Å²) in [4.78, 5) is 20.7. The van der Waals surface area contributed by atoms with Crippen LogP contribution in [0.15, 0.2) is 23.3 Å². The molecule has 0 aromatic carbocycles. The molecule has 2 N–H and O–H groups in total. The maximum Gasteiger partial charge on any atom is 0.245 e. The van der Waals surface area contributed by atoms with Crippen molar-refractivity contribution in [3.05, 3.63) is 34.5 Å². The average molecular weight is 320 g/mol. The molecule has 3 heterocycles. The first-order valence-electron chi connectivity index (χ1n) is 7.26. The van der Waals surface area contributed by atoms with E-state index in [1.54, 1.807) is 5.51 Å². The van der Waals surface area contributed by atoms with Gasteiger partial charge in [0.1, 0.15) is 6.04 Å². The van der Waals surface area contributed by atoms with Gasteiger partial charge in [0, 0.05) is 56.9 Å². The summed E-state index contributed by atoms with van der Waals surface area (Å²) in [7, 11) is 1.92. The molecule has 118 valence electrons. The molecule has 2 aromatic rings. The number of thiazole rings is 1. The molecule has 1 saturated heterocycles. The molecule has 1 amide bonds. The number of carbonyl (C=O) groups is 1. The third-order valence-electron chi connectivity index (χ3n) is 3.88. The molecule has 0 bridgehead atoms. The van der Waals surface area contributed by atoms with Gasteiger partial charge in [-0.2, -0.15) is 5.10 Å². The van der Waals surface area contributed by atoms with Gasteiger partial charge < -0.3 is 10.6 Å². The van der Waals surface area contributed by atoms with E-state index in [1.807, 2.05) is 34.4 Å². The van der Waals surface area contributed by atoms with Crippen LogP contribution in [0.5, 0.6) is 0 Å². The van der Waals surface area contributed by atoms with Crippen LogP contribution in [0.2, 0.25) is 0 Å². The molecule has 3 rings (SSSR count). The molecule has 1 aliphatic rings. The Morgan fingerprint density at radius 3 is 2.77 bits per heavy atom. The number of amides is 1. The Morgan fingerprint density at radius 1 is 1.41 bits per heavy atom. The highest BCUT2D eigenvalue weighted by Gasteiger charge is 2.27. The number of aromatic nitrogens is 3. The summed E-state index contributed by atoms with van der Waals surface area (Å²) in [5.74, 6) is -0.0353. The van der Waals surface area contributed by atoms with Gasteiger partial charge >= 0.3 is 0 Å². The van der Waals surface area contributed by atoms with Gasteiger partial charge in [0.05, 0.1) is 17.4 Å². The molecule has 1 atom stereocenters. The van der Waals surface area contributed by atoms with Crippen LogP contribution in [0.25, 0.3) is 0 Å². The zero-order valence-corrected chi connectivity index (χ0v) is 13.4. The Morgan fingerprint density at radius 2 is 2.18 bits per heavy atom. The van der Waals surface area contributed by atoms with Crippen LogP contribution in [0, 0.1) is 0 Å². The Hall–Kier alpha value is -1.77. The van der Waals surface area contributed by atoms with Gasteiger partial charge in [-0.15, -0.1) is 11.3 Å². The minimum Gasteiger partial charge on any atom is -0.338 e. The standard InChI is InChI=1S/C14H20N6OS/c1-18-7-11(6-17-18)8-19-2-4-20(5-3-19)14(21)13(15)12-9-22-10-16-12/h6-7,9-10,13H,2-5,8,15H2,1H3. The van der Waals surface area contributed by atoms with Gasteiger partial charge in [0.25, 0.3) is 0 Å². The van der Waals surface area contributed by atoms with Crippen molar-refractivity contribution in [2.75, 3.05) is 26.2 Å². The van der Waals surface area contributed by atoms with E-state index >= 15 is 0 Å². The minimum atomic E-state index is -0.642. The molecule has 7 nitrogen and oxygen atoms in total. The minimum absolute atomic E-state index is 0.0353.